The standard InChI is InChI=1S/C11H11N3O/c1-2-14-11(15)4-3-10(13-14)9-5-7-12-8-6-9/h3-8H,2H2,1H3. The molecule has 0 aliphatic carbocycles. The summed E-state index contributed by atoms with van der Waals surface area (Å²) in [5, 5.41) is 4.24. The van der Waals surface area contributed by atoms with Gasteiger partial charge in [0.2, 0.25) is 0 Å². The first-order valence-electron chi connectivity index (χ1n) is 4.80. The molecule has 2 rings (SSSR count). The normalized spacial score (nSPS) is 10.2. The van der Waals surface area contributed by atoms with Crippen molar-refractivity contribution in [1.82, 2.24) is 14.8 Å². The maximum atomic E-state index is 11.3. The Hall–Kier alpha value is -1.97. The van der Waals surface area contributed by atoms with E-state index >= 15 is 0 Å². The van der Waals surface area contributed by atoms with Crippen molar-refractivity contribution in [2.24, 2.45) is 0 Å². The number of hydrogen-bond acceptors (Lipinski definition) is 3. The van der Waals surface area contributed by atoms with Crippen molar-refractivity contribution in [2.45, 2.75) is 13.5 Å². The van der Waals surface area contributed by atoms with Crippen LogP contribution in [0.15, 0.2) is 41.5 Å². The molecule has 0 aromatic carbocycles. The highest BCUT2D eigenvalue weighted by Gasteiger charge is 2.00. The molecule has 0 aliphatic heterocycles. The van der Waals surface area contributed by atoms with Gasteiger partial charge >= 0.3 is 0 Å². The summed E-state index contributed by atoms with van der Waals surface area (Å²) in [7, 11) is 0. The number of aromatic nitrogens is 3. The number of nitrogens with zero attached hydrogens (tertiary/aromatic N) is 3. The molecule has 2 aromatic rings. The highest BCUT2D eigenvalue weighted by Crippen LogP contribution is 2.12. The molecule has 2 aromatic heterocycles. The fraction of sp³-hybridized carbons (Fsp3) is 0.182. The van der Waals surface area contributed by atoms with Crippen molar-refractivity contribution in [3.63, 3.8) is 0 Å². The maximum absolute atomic E-state index is 11.3. The smallest absolute Gasteiger partial charge is 0.266 e. The third-order valence-corrected chi connectivity index (χ3v) is 2.14. The molecule has 0 fully saturated rings. The Morgan fingerprint density at radius 1 is 1.20 bits per heavy atom. The first-order chi connectivity index (χ1) is 7.31. The summed E-state index contributed by atoms with van der Waals surface area (Å²) in [6, 6.07) is 7.00. The molecule has 0 amide bonds. The zero-order valence-corrected chi connectivity index (χ0v) is 8.42. The van der Waals surface area contributed by atoms with Crippen molar-refractivity contribution in [1.29, 1.82) is 0 Å². The second-order valence-electron chi connectivity index (χ2n) is 3.11. The summed E-state index contributed by atoms with van der Waals surface area (Å²) < 4.78 is 1.44. The van der Waals surface area contributed by atoms with Crippen molar-refractivity contribution in [3.8, 4) is 11.3 Å². The van der Waals surface area contributed by atoms with Gasteiger partial charge in [-0.1, -0.05) is 0 Å². The van der Waals surface area contributed by atoms with Crippen molar-refractivity contribution in [3.05, 3.63) is 47.0 Å². The molecule has 0 radical (unpaired) electrons. The first-order valence-corrected chi connectivity index (χ1v) is 4.80. The average molecular weight is 201 g/mol. The number of aryl methyl sites for hydroxylation is 1. The van der Waals surface area contributed by atoms with Gasteiger partial charge in [-0.05, 0) is 25.1 Å². The van der Waals surface area contributed by atoms with Crippen LogP contribution in [0, 0.1) is 0 Å². The van der Waals surface area contributed by atoms with Crippen LogP contribution in [0.25, 0.3) is 11.3 Å². The van der Waals surface area contributed by atoms with Gasteiger partial charge in [-0.2, -0.15) is 5.10 Å². The molecule has 0 aliphatic rings. The Morgan fingerprint density at radius 3 is 2.60 bits per heavy atom. The van der Waals surface area contributed by atoms with Crippen LogP contribution < -0.4 is 5.56 Å². The highest BCUT2D eigenvalue weighted by molar-refractivity contribution is 5.56. The molecule has 0 saturated heterocycles. The van der Waals surface area contributed by atoms with Crippen LogP contribution in [0.1, 0.15) is 6.92 Å². The first kappa shape index (κ1) is 9.58. The Kier molecular flexibility index (Phi) is 2.58. The van der Waals surface area contributed by atoms with E-state index in [1.54, 1.807) is 18.5 Å². The molecular formula is C11H11N3O. The molecule has 0 saturated carbocycles. The molecule has 0 bridgehead atoms. The zero-order chi connectivity index (χ0) is 10.7. The lowest BCUT2D eigenvalue weighted by Crippen LogP contribution is -2.20. The van der Waals surface area contributed by atoms with Crippen LogP contribution in [-0.2, 0) is 6.54 Å². The number of pyridine rings is 1. The van der Waals surface area contributed by atoms with Gasteiger partial charge in [-0.15, -0.1) is 0 Å². The van der Waals surface area contributed by atoms with Crippen LogP contribution >= 0.6 is 0 Å². The molecule has 4 nitrogen and oxygen atoms in total. The third-order valence-electron chi connectivity index (χ3n) is 2.14. The summed E-state index contributed by atoms with van der Waals surface area (Å²) in [6.45, 7) is 2.47. The second-order valence-corrected chi connectivity index (χ2v) is 3.11. The molecule has 0 spiro atoms. The van der Waals surface area contributed by atoms with Crippen LogP contribution in [0.3, 0.4) is 0 Å². The molecule has 0 atom stereocenters. The Bertz CT molecular complexity index is 505. The van der Waals surface area contributed by atoms with Crippen LogP contribution in [0.5, 0.6) is 0 Å². The van der Waals surface area contributed by atoms with Gasteiger partial charge in [-0.25, -0.2) is 4.68 Å². The minimum absolute atomic E-state index is 0.0738. The van der Waals surface area contributed by atoms with Crippen LogP contribution in [0.4, 0.5) is 0 Å². The minimum Gasteiger partial charge on any atom is -0.268 e. The predicted octanol–water partition coefficient (Wildman–Crippen LogP) is 1.33. The van der Waals surface area contributed by atoms with Gasteiger partial charge in [-0.3, -0.25) is 9.78 Å². The lowest BCUT2D eigenvalue weighted by atomic mass is 10.2. The molecule has 2 heterocycles. The summed E-state index contributed by atoms with van der Waals surface area (Å²) in [6.07, 6.45) is 3.41. The van der Waals surface area contributed by atoms with Crippen molar-refractivity contribution >= 4 is 0 Å². The van der Waals surface area contributed by atoms with E-state index in [4.69, 9.17) is 0 Å². The summed E-state index contributed by atoms with van der Waals surface area (Å²) >= 11 is 0. The van der Waals surface area contributed by atoms with Gasteiger partial charge in [0.15, 0.2) is 0 Å². The average Bonchev–Trinajstić information content (AvgIpc) is 2.31. The monoisotopic (exact) mass is 201 g/mol. The van der Waals surface area contributed by atoms with Gasteiger partial charge in [0.1, 0.15) is 0 Å². The maximum Gasteiger partial charge on any atom is 0.266 e. The van der Waals surface area contributed by atoms with Gasteiger partial charge in [0.05, 0.1) is 5.69 Å². The SMILES string of the molecule is CCn1nc(-c2ccncc2)ccc1=O. The molecule has 0 N–H and O–H groups in total. The second kappa shape index (κ2) is 4.04. The summed E-state index contributed by atoms with van der Waals surface area (Å²) in [4.78, 5) is 15.3. The van der Waals surface area contributed by atoms with Crippen LogP contribution in [-0.4, -0.2) is 14.8 Å². The van der Waals surface area contributed by atoms with Crippen LogP contribution in [0.2, 0.25) is 0 Å². The van der Waals surface area contributed by atoms with E-state index in [0.29, 0.717) is 6.54 Å². The molecular weight excluding hydrogens is 190 g/mol. The van der Waals surface area contributed by atoms with E-state index in [-0.39, 0.29) is 5.56 Å². The van der Waals surface area contributed by atoms with Crippen molar-refractivity contribution in [2.75, 3.05) is 0 Å². The topological polar surface area (TPSA) is 47.8 Å². The molecule has 76 valence electrons. The fourth-order valence-corrected chi connectivity index (χ4v) is 1.35. The summed E-state index contributed by atoms with van der Waals surface area (Å²) in [5.74, 6) is 0. The van der Waals surface area contributed by atoms with Gasteiger partial charge in [0, 0.05) is 30.6 Å². The van der Waals surface area contributed by atoms with E-state index in [1.165, 1.54) is 10.7 Å². The van der Waals surface area contributed by atoms with E-state index in [2.05, 4.69) is 10.1 Å². The van der Waals surface area contributed by atoms with E-state index in [9.17, 15) is 4.79 Å². The number of rotatable bonds is 2. The quantitative estimate of drug-likeness (QED) is 0.736. The highest BCUT2D eigenvalue weighted by atomic mass is 16.1. The van der Waals surface area contributed by atoms with Crippen molar-refractivity contribution < 1.29 is 0 Å². The lowest BCUT2D eigenvalue weighted by Gasteiger charge is -2.03. The Balaban J connectivity index is 2.51. The van der Waals surface area contributed by atoms with E-state index < -0.39 is 0 Å². The fourth-order valence-electron chi connectivity index (χ4n) is 1.35. The Labute approximate surface area is 87.2 Å². The molecule has 0 unspecified atom stereocenters. The Morgan fingerprint density at radius 2 is 1.93 bits per heavy atom. The van der Waals surface area contributed by atoms with Gasteiger partial charge in [0.25, 0.3) is 5.56 Å². The third kappa shape index (κ3) is 1.93. The van der Waals surface area contributed by atoms with E-state index in [1.807, 2.05) is 19.1 Å². The predicted molar refractivity (Wildman–Crippen MR) is 57.4 cm³/mol. The van der Waals surface area contributed by atoms with Gasteiger partial charge < -0.3 is 0 Å². The molecule has 4 heteroatoms. The molecule has 15 heavy (non-hydrogen) atoms. The largest absolute Gasteiger partial charge is 0.268 e. The zero-order valence-electron chi connectivity index (χ0n) is 8.42. The lowest BCUT2D eigenvalue weighted by molar-refractivity contribution is 0.619. The summed E-state index contributed by atoms with van der Waals surface area (Å²) in [5.41, 5.74) is 1.68. The minimum atomic E-state index is -0.0738. The van der Waals surface area contributed by atoms with E-state index in [0.717, 1.165) is 11.3 Å². The number of hydrogen-bond donors (Lipinski definition) is 0.